The van der Waals surface area contributed by atoms with Crippen LogP contribution in [-0.4, -0.2) is 30.3 Å². The summed E-state index contributed by atoms with van der Waals surface area (Å²) in [6.45, 7) is 4.57. The van der Waals surface area contributed by atoms with Crippen molar-refractivity contribution in [1.29, 1.82) is 0 Å². The number of rotatable bonds is 6. The summed E-state index contributed by atoms with van der Waals surface area (Å²) in [5, 5.41) is 2.65. The number of likely N-dealkylation sites (N-methyl/N-ethyl adjacent to an activating group) is 1. The SMILES string of the molecule is CC(C)CC(=O)NCC(=O)N(C)Cc1ccccc1. The van der Waals surface area contributed by atoms with Gasteiger partial charge in [0.15, 0.2) is 0 Å². The van der Waals surface area contributed by atoms with Gasteiger partial charge in [0.05, 0.1) is 6.54 Å². The number of hydrogen-bond donors (Lipinski definition) is 1. The van der Waals surface area contributed by atoms with Gasteiger partial charge < -0.3 is 10.2 Å². The van der Waals surface area contributed by atoms with E-state index in [1.54, 1.807) is 11.9 Å². The maximum Gasteiger partial charge on any atom is 0.242 e. The Kier molecular flexibility index (Phi) is 6.06. The van der Waals surface area contributed by atoms with E-state index in [2.05, 4.69) is 5.32 Å². The monoisotopic (exact) mass is 262 g/mol. The van der Waals surface area contributed by atoms with E-state index in [-0.39, 0.29) is 18.4 Å². The Morgan fingerprint density at radius 3 is 2.42 bits per heavy atom. The summed E-state index contributed by atoms with van der Waals surface area (Å²) in [5.74, 6) is 0.148. The van der Waals surface area contributed by atoms with Gasteiger partial charge in [-0.1, -0.05) is 44.2 Å². The molecule has 0 fully saturated rings. The summed E-state index contributed by atoms with van der Waals surface area (Å²) in [7, 11) is 1.74. The molecule has 0 aliphatic heterocycles. The fourth-order valence-electron chi connectivity index (χ4n) is 1.70. The molecular formula is C15H22N2O2. The van der Waals surface area contributed by atoms with Crippen molar-refractivity contribution in [3.05, 3.63) is 35.9 Å². The molecule has 0 unspecified atom stereocenters. The summed E-state index contributed by atoms with van der Waals surface area (Å²) < 4.78 is 0. The lowest BCUT2D eigenvalue weighted by Gasteiger charge is -2.17. The molecule has 0 aliphatic rings. The minimum absolute atomic E-state index is 0.0644. The Morgan fingerprint density at radius 1 is 1.21 bits per heavy atom. The highest BCUT2D eigenvalue weighted by Gasteiger charge is 2.11. The standard InChI is InChI=1S/C15H22N2O2/c1-12(2)9-14(18)16-10-15(19)17(3)11-13-7-5-4-6-8-13/h4-8,12H,9-11H2,1-3H3,(H,16,18). The smallest absolute Gasteiger partial charge is 0.242 e. The Bertz CT molecular complexity index is 415. The molecule has 0 atom stereocenters. The number of carbonyl (C=O) groups excluding carboxylic acids is 2. The van der Waals surface area contributed by atoms with Crippen molar-refractivity contribution in [3.8, 4) is 0 Å². The Labute approximate surface area is 114 Å². The van der Waals surface area contributed by atoms with E-state index in [9.17, 15) is 9.59 Å². The van der Waals surface area contributed by atoms with Crippen molar-refractivity contribution in [2.75, 3.05) is 13.6 Å². The van der Waals surface area contributed by atoms with E-state index < -0.39 is 0 Å². The fraction of sp³-hybridized carbons (Fsp3) is 0.467. The molecule has 1 aromatic carbocycles. The number of benzene rings is 1. The number of nitrogens with zero attached hydrogens (tertiary/aromatic N) is 1. The summed E-state index contributed by atoms with van der Waals surface area (Å²) in [6.07, 6.45) is 0.454. The van der Waals surface area contributed by atoms with Crippen LogP contribution in [0.15, 0.2) is 30.3 Å². The van der Waals surface area contributed by atoms with Gasteiger partial charge in [-0.2, -0.15) is 0 Å². The molecular weight excluding hydrogens is 240 g/mol. The average Bonchev–Trinajstić information content (AvgIpc) is 2.36. The van der Waals surface area contributed by atoms with Crippen LogP contribution in [0.4, 0.5) is 0 Å². The zero-order valence-electron chi connectivity index (χ0n) is 11.8. The second-order valence-electron chi connectivity index (χ2n) is 5.11. The lowest BCUT2D eigenvalue weighted by molar-refractivity contribution is -0.132. The lowest BCUT2D eigenvalue weighted by Crippen LogP contribution is -2.38. The van der Waals surface area contributed by atoms with Crippen molar-refractivity contribution in [2.45, 2.75) is 26.8 Å². The third-order valence-corrected chi connectivity index (χ3v) is 2.72. The third-order valence-electron chi connectivity index (χ3n) is 2.72. The number of nitrogens with one attached hydrogen (secondary N) is 1. The highest BCUT2D eigenvalue weighted by Crippen LogP contribution is 2.02. The van der Waals surface area contributed by atoms with Crippen LogP contribution in [0.25, 0.3) is 0 Å². The molecule has 4 nitrogen and oxygen atoms in total. The van der Waals surface area contributed by atoms with Gasteiger partial charge in [-0.05, 0) is 11.5 Å². The topological polar surface area (TPSA) is 49.4 Å². The lowest BCUT2D eigenvalue weighted by atomic mass is 10.1. The first-order valence-corrected chi connectivity index (χ1v) is 6.53. The summed E-state index contributed by atoms with van der Waals surface area (Å²) in [6, 6.07) is 9.77. The van der Waals surface area contributed by atoms with Gasteiger partial charge in [0, 0.05) is 20.0 Å². The fourth-order valence-corrected chi connectivity index (χ4v) is 1.70. The van der Waals surface area contributed by atoms with Crippen LogP contribution in [-0.2, 0) is 16.1 Å². The quantitative estimate of drug-likeness (QED) is 0.850. The maximum atomic E-state index is 11.8. The normalized spacial score (nSPS) is 10.3. The molecule has 0 bridgehead atoms. The summed E-state index contributed by atoms with van der Waals surface area (Å²) >= 11 is 0. The molecule has 1 N–H and O–H groups in total. The van der Waals surface area contributed by atoms with E-state index in [1.807, 2.05) is 44.2 Å². The largest absolute Gasteiger partial charge is 0.347 e. The number of hydrogen-bond acceptors (Lipinski definition) is 2. The molecule has 4 heteroatoms. The van der Waals surface area contributed by atoms with Crippen molar-refractivity contribution >= 4 is 11.8 Å². The van der Waals surface area contributed by atoms with Crippen molar-refractivity contribution < 1.29 is 9.59 Å². The molecule has 0 spiro atoms. The van der Waals surface area contributed by atoms with Crippen LogP contribution in [0.3, 0.4) is 0 Å². The minimum atomic E-state index is -0.0824. The highest BCUT2D eigenvalue weighted by atomic mass is 16.2. The van der Waals surface area contributed by atoms with Gasteiger partial charge in [0.25, 0.3) is 0 Å². The van der Waals surface area contributed by atoms with E-state index in [0.29, 0.717) is 18.9 Å². The third kappa shape index (κ3) is 6.04. The molecule has 0 radical (unpaired) electrons. The maximum absolute atomic E-state index is 11.8. The van der Waals surface area contributed by atoms with Gasteiger partial charge in [-0.25, -0.2) is 0 Å². The van der Waals surface area contributed by atoms with Crippen LogP contribution in [0.1, 0.15) is 25.8 Å². The first-order chi connectivity index (χ1) is 8.99. The Morgan fingerprint density at radius 2 is 1.84 bits per heavy atom. The van der Waals surface area contributed by atoms with Gasteiger partial charge >= 0.3 is 0 Å². The summed E-state index contributed by atoms with van der Waals surface area (Å²) in [4.78, 5) is 24.9. The molecule has 0 aromatic heterocycles. The minimum Gasteiger partial charge on any atom is -0.347 e. The van der Waals surface area contributed by atoms with E-state index >= 15 is 0 Å². The predicted molar refractivity (Wildman–Crippen MR) is 75.4 cm³/mol. The molecule has 104 valence electrons. The number of amides is 2. The van der Waals surface area contributed by atoms with Crippen LogP contribution in [0, 0.1) is 5.92 Å². The molecule has 19 heavy (non-hydrogen) atoms. The van der Waals surface area contributed by atoms with Crippen LogP contribution in [0.2, 0.25) is 0 Å². The zero-order chi connectivity index (χ0) is 14.3. The average molecular weight is 262 g/mol. The molecule has 0 saturated carbocycles. The van der Waals surface area contributed by atoms with Gasteiger partial charge in [0.1, 0.15) is 0 Å². The van der Waals surface area contributed by atoms with Crippen molar-refractivity contribution in [3.63, 3.8) is 0 Å². The first-order valence-electron chi connectivity index (χ1n) is 6.53. The Balaban J connectivity index is 2.35. The number of carbonyl (C=O) groups is 2. The van der Waals surface area contributed by atoms with Crippen LogP contribution >= 0.6 is 0 Å². The molecule has 0 aliphatic carbocycles. The second-order valence-corrected chi connectivity index (χ2v) is 5.11. The van der Waals surface area contributed by atoms with E-state index in [1.165, 1.54) is 0 Å². The molecule has 0 saturated heterocycles. The zero-order valence-corrected chi connectivity index (χ0v) is 11.8. The Hall–Kier alpha value is -1.84. The molecule has 1 aromatic rings. The van der Waals surface area contributed by atoms with E-state index in [4.69, 9.17) is 0 Å². The molecule has 1 rings (SSSR count). The summed E-state index contributed by atoms with van der Waals surface area (Å²) in [5.41, 5.74) is 1.08. The molecule has 0 heterocycles. The van der Waals surface area contributed by atoms with Crippen LogP contribution < -0.4 is 5.32 Å². The second kappa shape index (κ2) is 7.56. The van der Waals surface area contributed by atoms with Gasteiger partial charge in [0.2, 0.25) is 11.8 Å². The van der Waals surface area contributed by atoms with Crippen molar-refractivity contribution in [1.82, 2.24) is 10.2 Å². The van der Waals surface area contributed by atoms with E-state index in [0.717, 1.165) is 5.56 Å². The first kappa shape index (κ1) is 15.2. The predicted octanol–water partition coefficient (Wildman–Crippen LogP) is 1.81. The van der Waals surface area contributed by atoms with Crippen LogP contribution in [0.5, 0.6) is 0 Å². The molecule has 2 amide bonds. The van der Waals surface area contributed by atoms with Gasteiger partial charge in [-0.15, -0.1) is 0 Å². The van der Waals surface area contributed by atoms with Crippen molar-refractivity contribution in [2.24, 2.45) is 5.92 Å². The highest BCUT2D eigenvalue weighted by molar-refractivity contribution is 5.84. The van der Waals surface area contributed by atoms with Gasteiger partial charge in [-0.3, -0.25) is 9.59 Å².